The number of alkyl carbamates (subject to hydrolysis) is 1. The normalized spacial score (nSPS) is 13.2. The Morgan fingerprint density at radius 3 is 2.31 bits per heavy atom. The second-order valence-corrected chi connectivity index (χ2v) is 9.08. The summed E-state index contributed by atoms with van der Waals surface area (Å²) in [5.41, 5.74) is 0.868. The highest BCUT2D eigenvalue weighted by Crippen LogP contribution is 2.46. The Morgan fingerprint density at radius 1 is 1.23 bits per heavy atom. The minimum atomic E-state index is -3.55. The lowest BCUT2D eigenvalue weighted by molar-refractivity contribution is -0.118. The Balaban J connectivity index is 2.96. The number of ether oxygens (including phenoxy) is 1. The fourth-order valence-corrected chi connectivity index (χ4v) is 3.06. The Morgan fingerprint density at radius 2 is 1.85 bits per heavy atom. The second kappa shape index (κ2) is 9.26. The zero-order valence-electron chi connectivity index (χ0n) is 16.1. The zero-order chi connectivity index (χ0) is 20.0. The average molecular weight is 386 g/mol. The summed E-state index contributed by atoms with van der Waals surface area (Å²) in [6.07, 6.45) is 0.609. The number of hydrogen-bond donors (Lipinski definition) is 1. The van der Waals surface area contributed by atoms with Gasteiger partial charge in [-0.1, -0.05) is 6.07 Å². The van der Waals surface area contributed by atoms with Crippen LogP contribution in [0.25, 0.3) is 0 Å². The fourth-order valence-electron chi connectivity index (χ4n) is 2.05. The molecule has 8 nitrogen and oxygen atoms in total. The monoisotopic (exact) mass is 386 g/mol. The van der Waals surface area contributed by atoms with Gasteiger partial charge in [0, 0.05) is 32.5 Å². The third-order valence-corrected chi connectivity index (χ3v) is 5.21. The van der Waals surface area contributed by atoms with Gasteiger partial charge in [0.05, 0.1) is 6.04 Å². The molecule has 0 spiro atoms. The van der Waals surface area contributed by atoms with E-state index in [4.69, 9.17) is 13.8 Å². The lowest BCUT2D eigenvalue weighted by atomic mass is 10.0. The van der Waals surface area contributed by atoms with Crippen LogP contribution < -0.4 is 5.32 Å². The summed E-state index contributed by atoms with van der Waals surface area (Å²) in [4.78, 5) is 28.9. The van der Waals surface area contributed by atoms with Crippen molar-refractivity contribution in [1.82, 2.24) is 10.3 Å². The number of carbonyl (C=O) groups excluding carboxylic acids is 2. The molecule has 0 aliphatic rings. The maximum absolute atomic E-state index is 12.6. The van der Waals surface area contributed by atoms with Crippen molar-refractivity contribution in [3.8, 4) is 0 Å². The molecule has 0 aliphatic carbocycles. The summed E-state index contributed by atoms with van der Waals surface area (Å²) in [5, 5.41) is 2.54. The van der Waals surface area contributed by atoms with Gasteiger partial charge >= 0.3 is 13.7 Å². The number of hydrogen-bond acceptors (Lipinski definition) is 7. The quantitative estimate of drug-likeness (QED) is 0.685. The molecular weight excluding hydrogens is 359 g/mol. The van der Waals surface area contributed by atoms with Crippen LogP contribution in [-0.2, 0) is 29.6 Å². The number of aryl methyl sites for hydroxylation is 1. The maximum Gasteiger partial charge on any atom is 0.408 e. The van der Waals surface area contributed by atoms with E-state index in [9.17, 15) is 14.2 Å². The average Bonchev–Trinajstić information content (AvgIpc) is 2.54. The van der Waals surface area contributed by atoms with Crippen molar-refractivity contribution < 1.29 is 27.9 Å². The Bertz CT molecular complexity index is 661. The lowest BCUT2D eigenvalue weighted by Crippen LogP contribution is -2.45. The molecule has 0 fully saturated rings. The van der Waals surface area contributed by atoms with Gasteiger partial charge in [-0.15, -0.1) is 0 Å². The smallest absolute Gasteiger partial charge is 0.408 e. The number of aromatic nitrogens is 1. The SMILES string of the molecule is COP(=O)(CC(=O)C(Cc1ccc(C)nc1)NC(=O)OC(C)(C)C)OC. The largest absolute Gasteiger partial charge is 0.444 e. The molecule has 0 bridgehead atoms. The van der Waals surface area contributed by atoms with E-state index in [0.29, 0.717) is 0 Å². The third kappa shape index (κ3) is 7.64. The summed E-state index contributed by atoms with van der Waals surface area (Å²) < 4.78 is 27.1. The van der Waals surface area contributed by atoms with Crippen molar-refractivity contribution in [2.45, 2.75) is 45.8 Å². The molecule has 1 N–H and O–H groups in total. The molecule has 9 heteroatoms. The number of rotatable bonds is 8. The van der Waals surface area contributed by atoms with E-state index < -0.39 is 37.3 Å². The van der Waals surface area contributed by atoms with Gasteiger partial charge in [0.15, 0.2) is 5.78 Å². The number of nitrogens with zero attached hydrogens (tertiary/aromatic N) is 1. The highest BCUT2D eigenvalue weighted by atomic mass is 31.2. The van der Waals surface area contributed by atoms with E-state index in [1.807, 2.05) is 13.0 Å². The first-order valence-corrected chi connectivity index (χ1v) is 9.85. The Kier molecular flexibility index (Phi) is 7.93. The first kappa shape index (κ1) is 22.3. The molecule has 0 aliphatic heterocycles. The summed E-state index contributed by atoms with van der Waals surface area (Å²) in [7, 11) is -1.13. The predicted molar refractivity (Wildman–Crippen MR) is 97.3 cm³/mol. The lowest BCUT2D eigenvalue weighted by Gasteiger charge is -2.24. The molecular formula is C17H27N2O6P. The summed E-state index contributed by atoms with van der Waals surface area (Å²) in [5.74, 6) is -0.483. The number of nitrogens with one attached hydrogen (secondary N) is 1. The molecule has 0 saturated heterocycles. The number of pyridine rings is 1. The molecule has 146 valence electrons. The van der Waals surface area contributed by atoms with E-state index in [1.54, 1.807) is 33.0 Å². The van der Waals surface area contributed by atoms with Crippen LogP contribution in [0.5, 0.6) is 0 Å². The van der Waals surface area contributed by atoms with Crippen molar-refractivity contribution >= 4 is 19.5 Å². The number of carbonyl (C=O) groups is 2. The molecule has 1 amide bonds. The van der Waals surface area contributed by atoms with Crippen LogP contribution in [0.4, 0.5) is 4.79 Å². The standard InChI is InChI=1S/C17H27N2O6P/c1-12-7-8-13(10-18-12)9-14(19-16(21)25-17(2,3)4)15(20)11-26(22,23-5)24-6/h7-8,10,14H,9,11H2,1-6H3,(H,19,21). The van der Waals surface area contributed by atoms with Crippen LogP contribution in [0.3, 0.4) is 0 Å². The second-order valence-electron chi connectivity index (χ2n) is 6.81. The van der Waals surface area contributed by atoms with Crippen LogP contribution in [0.2, 0.25) is 0 Å². The van der Waals surface area contributed by atoms with E-state index >= 15 is 0 Å². The van der Waals surface area contributed by atoms with Crippen molar-refractivity contribution in [3.63, 3.8) is 0 Å². The van der Waals surface area contributed by atoms with E-state index in [2.05, 4.69) is 10.3 Å². The van der Waals surface area contributed by atoms with Gasteiger partial charge < -0.3 is 19.1 Å². The van der Waals surface area contributed by atoms with Gasteiger partial charge in [0.1, 0.15) is 11.8 Å². The van der Waals surface area contributed by atoms with Crippen LogP contribution in [-0.4, -0.2) is 48.9 Å². The summed E-state index contributed by atoms with van der Waals surface area (Å²) in [6.45, 7) is 7.00. The van der Waals surface area contributed by atoms with Crippen LogP contribution in [0.1, 0.15) is 32.0 Å². The van der Waals surface area contributed by atoms with Gasteiger partial charge in [0.2, 0.25) is 0 Å². The zero-order valence-corrected chi connectivity index (χ0v) is 17.0. The minimum Gasteiger partial charge on any atom is -0.444 e. The van der Waals surface area contributed by atoms with Gasteiger partial charge in [-0.25, -0.2) is 4.79 Å². The van der Waals surface area contributed by atoms with Crippen molar-refractivity contribution in [1.29, 1.82) is 0 Å². The van der Waals surface area contributed by atoms with Gasteiger partial charge in [-0.3, -0.25) is 14.3 Å². The molecule has 1 aromatic heterocycles. The van der Waals surface area contributed by atoms with Crippen molar-refractivity contribution in [3.05, 3.63) is 29.6 Å². The molecule has 1 atom stereocenters. The first-order chi connectivity index (χ1) is 12.0. The van der Waals surface area contributed by atoms with Crippen molar-refractivity contribution in [2.24, 2.45) is 0 Å². The molecule has 0 aromatic carbocycles. The van der Waals surface area contributed by atoms with E-state index in [0.717, 1.165) is 11.3 Å². The summed E-state index contributed by atoms with van der Waals surface area (Å²) in [6, 6.07) is 2.67. The topological polar surface area (TPSA) is 104 Å². The third-order valence-electron chi connectivity index (χ3n) is 3.40. The Hall–Kier alpha value is -1.76. The van der Waals surface area contributed by atoms with Crippen molar-refractivity contribution in [2.75, 3.05) is 20.4 Å². The highest BCUT2D eigenvalue weighted by Gasteiger charge is 2.32. The first-order valence-electron chi connectivity index (χ1n) is 8.12. The molecule has 1 heterocycles. The van der Waals surface area contributed by atoms with E-state index in [-0.39, 0.29) is 6.42 Å². The minimum absolute atomic E-state index is 0.179. The molecule has 1 aromatic rings. The molecule has 1 unspecified atom stereocenters. The highest BCUT2D eigenvalue weighted by molar-refractivity contribution is 7.54. The van der Waals surface area contributed by atoms with Crippen LogP contribution in [0.15, 0.2) is 18.3 Å². The fraction of sp³-hybridized carbons (Fsp3) is 0.588. The van der Waals surface area contributed by atoms with Gasteiger partial charge in [-0.2, -0.15) is 0 Å². The van der Waals surface area contributed by atoms with Gasteiger partial charge in [0.25, 0.3) is 0 Å². The maximum atomic E-state index is 12.6. The predicted octanol–water partition coefficient (Wildman–Crippen LogP) is 2.88. The molecule has 0 saturated carbocycles. The Labute approximate surface area is 154 Å². The summed E-state index contributed by atoms with van der Waals surface area (Å²) >= 11 is 0. The molecule has 0 radical (unpaired) electrons. The number of Topliss-reactive ketones (excluding diaryl/α,β-unsaturated/α-hetero) is 1. The number of ketones is 1. The number of amides is 1. The van der Waals surface area contributed by atoms with Crippen LogP contribution in [0, 0.1) is 6.92 Å². The van der Waals surface area contributed by atoms with E-state index in [1.165, 1.54) is 14.2 Å². The van der Waals surface area contributed by atoms with Gasteiger partial charge in [-0.05, 0) is 39.3 Å². The molecule has 1 rings (SSSR count). The van der Waals surface area contributed by atoms with Crippen LogP contribution >= 0.6 is 7.60 Å². The molecule has 26 heavy (non-hydrogen) atoms.